The Morgan fingerprint density at radius 1 is 1.17 bits per heavy atom. The second-order valence-corrected chi connectivity index (χ2v) is 8.80. The lowest BCUT2D eigenvalue weighted by molar-refractivity contribution is -0.132. The Hall–Kier alpha value is -2.77. The van der Waals surface area contributed by atoms with E-state index in [2.05, 4.69) is 5.32 Å². The number of hydrogen-bond acceptors (Lipinski definition) is 4. The summed E-state index contributed by atoms with van der Waals surface area (Å²) in [6.07, 6.45) is 0.604. The van der Waals surface area contributed by atoms with Crippen LogP contribution in [-0.4, -0.2) is 85.5 Å². The van der Waals surface area contributed by atoms with Crippen LogP contribution in [0.25, 0.3) is 0 Å². The van der Waals surface area contributed by atoms with Gasteiger partial charge < -0.3 is 24.8 Å². The number of hydrogen-bond donors (Lipinski definition) is 1. The second-order valence-electron chi connectivity index (χ2n) is 8.80. The molecule has 0 aliphatic carbocycles. The average molecular weight is 417 g/mol. The van der Waals surface area contributed by atoms with Crippen LogP contribution in [0.15, 0.2) is 24.3 Å². The Balaban J connectivity index is 1.79. The molecule has 2 saturated heterocycles. The predicted octanol–water partition coefficient (Wildman–Crippen LogP) is 1.35. The molecular formula is C22H32N4O4. The van der Waals surface area contributed by atoms with E-state index >= 15 is 0 Å². The first kappa shape index (κ1) is 21.9. The molecule has 8 heteroatoms. The minimum atomic E-state index is -0.444. The maximum atomic E-state index is 13.1. The summed E-state index contributed by atoms with van der Waals surface area (Å²) >= 11 is 0. The second kappa shape index (κ2) is 8.93. The molecule has 2 aliphatic heterocycles. The monoisotopic (exact) mass is 416 g/mol. The highest BCUT2D eigenvalue weighted by Gasteiger charge is 2.47. The van der Waals surface area contributed by atoms with Crippen LogP contribution in [-0.2, 0) is 16.0 Å². The lowest BCUT2D eigenvalue weighted by Gasteiger charge is -2.33. The van der Waals surface area contributed by atoms with Crippen LogP contribution in [0.2, 0.25) is 0 Å². The van der Waals surface area contributed by atoms with E-state index in [1.54, 1.807) is 24.0 Å². The van der Waals surface area contributed by atoms with E-state index in [0.717, 1.165) is 5.56 Å². The number of ether oxygens (including phenoxy) is 1. The summed E-state index contributed by atoms with van der Waals surface area (Å²) in [4.78, 5) is 43.5. The van der Waals surface area contributed by atoms with Crippen LogP contribution in [0.5, 0.6) is 5.75 Å². The minimum Gasteiger partial charge on any atom is -0.497 e. The van der Waals surface area contributed by atoms with Crippen molar-refractivity contribution in [2.75, 3.05) is 46.9 Å². The molecular weight excluding hydrogens is 384 g/mol. The van der Waals surface area contributed by atoms with Crippen LogP contribution in [0.4, 0.5) is 4.79 Å². The topological polar surface area (TPSA) is 82.2 Å². The summed E-state index contributed by atoms with van der Waals surface area (Å²) in [7, 11) is 3.38. The lowest BCUT2D eigenvalue weighted by Crippen LogP contribution is -2.49. The predicted molar refractivity (Wildman–Crippen MR) is 113 cm³/mol. The number of nitrogens with zero attached hydrogens (tertiary/aromatic N) is 3. The van der Waals surface area contributed by atoms with Gasteiger partial charge in [0.05, 0.1) is 13.5 Å². The third-order valence-electron chi connectivity index (χ3n) is 5.76. The average Bonchev–Trinajstić information content (AvgIpc) is 2.85. The van der Waals surface area contributed by atoms with Gasteiger partial charge in [0.2, 0.25) is 11.8 Å². The van der Waals surface area contributed by atoms with Crippen molar-refractivity contribution in [1.82, 2.24) is 20.0 Å². The lowest BCUT2D eigenvalue weighted by atomic mass is 9.86. The van der Waals surface area contributed by atoms with Crippen molar-refractivity contribution >= 4 is 17.8 Å². The van der Waals surface area contributed by atoms with Crippen molar-refractivity contribution in [3.63, 3.8) is 0 Å². The maximum absolute atomic E-state index is 13.1. The highest BCUT2D eigenvalue weighted by atomic mass is 16.5. The number of nitrogens with one attached hydrogen (secondary N) is 1. The fourth-order valence-corrected chi connectivity index (χ4v) is 4.37. The number of methoxy groups -OCH3 is 1. The maximum Gasteiger partial charge on any atom is 0.317 e. The van der Waals surface area contributed by atoms with Gasteiger partial charge in [0.25, 0.3) is 0 Å². The molecule has 4 amide bonds. The molecule has 3 rings (SSSR count). The van der Waals surface area contributed by atoms with E-state index in [1.807, 2.05) is 43.0 Å². The molecule has 2 fully saturated rings. The van der Waals surface area contributed by atoms with Gasteiger partial charge in [-0.1, -0.05) is 12.1 Å². The Labute approximate surface area is 178 Å². The summed E-state index contributed by atoms with van der Waals surface area (Å²) in [6.45, 7) is 6.21. The number of rotatable bonds is 4. The first-order valence-corrected chi connectivity index (χ1v) is 10.4. The molecule has 1 aromatic carbocycles. The molecule has 1 spiro atoms. The van der Waals surface area contributed by atoms with E-state index < -0.39 is 5.41 Å². The first-order valence-electron chi connectivity index (χ1n) is 10.4. The van der Waals surface area contributed by atoms with Crippen LogP contribution in [0.3, 0.4) is 0 Å². The number of carbonyl (C=O) groups excluding carboxylic acids is 3. The minimum absolute atomic E-state index is 0.00394. The largest absolute Gasteiger partial charge is 0.497 e. The Bertz CT molecular complexity index is 812. The molecule has 2 heterocycles. The van der Waals surface area contributed by atoms with E-state index in [1.165, 1.54) is 0 Å². The van der Waals surface area contributed by atoms with Gasteiger partial charge in [-0.05, 0) is 31.5 Å². The smallest absolute Gasteiger partial charge is 0.317 e. The SMILES string of the molecule is COc1cccc(CC(=O)N2CCN(C(=O)NC(C)C)CC3(CC(=O)N(C)C3)C2)c1. The third-order valence-corrected chi connectivity index (χ3v) is 5.76. The summed E-state index contributed by atoms with van der Waals surface area (Å²) in [5.74, 6) is 0.768. The highest BCUT2D eigenvalue weighted by molar-refractivity contribution is 5.82. The molecule has 30 heavy (non-hydrogen) atoms. The molecule has 1 N–H and O–H groups in total. The van der Waals surface area contributed by atoms with Crippen molar-refractivity contribution in [2.24, 2.45) is 5.41 Å². The molecule has 164 valence electrons. The molecule has 2 aliphatic rings. The van der Waals surface area contributed by atoms with Crippen LogP contribution < -0.4 is 10.1 Å². The standard InChI is InChI=1S/C22H32N4O4/c1-16(2)23-21(29)26-9-8-25(14-22(15-26)12-20(28)24(3)13-22)19(27)11-17-6-5-7-18(10-17)30-4/h5-7,10,16H,8-9,11-15H2,1-4H3,(H,23,29). The van der Waals surface area contributed by atoms with Crippen molar-refractivity contribution in [1.29, 1.82) is 0 Å². The molecule has 0 saturated carbocycles. The highest BCUT2D eigenvalue weighted by Crippen LogP contribution is 2.34. The van der Waals surface area contributed by atoms with Crippen molar-refractivity contribution in [3.05, 3.63) is 29.8 Å². The fourth-order valence-electron chi connectivity index (χ4n) is 4.37. The van der Waals surface area contributed by atoms with Crippen molar-refractivity contribution in [2.45, 2.75) is 32.7 Å². The number of benzene rings is 1. The fraction of sp³-hybridized carbons (Fsp3) is 0.591. The van der Waals surface area contributed by atoms with Gasteiger partial charge in [-0.3, -0.25) is 9.59 Å². The van der Waals surface area contributed by atoms with Gasteiger partial charge in [-0.2, -0.15) is 0 Å². The molecule has 1 aromatic rings. The van der Waals surface area contributed by atoms with E-state index in [4.69, 9.17) is 4.74 Å². The van der Waals surface area contributed by atoms with Crippen molar-refractivity contribution < 1.29 is 19.1 Å². The molecule has 1 unspecified atom stereocenters. The first-order chi connectivity index (χ1) is 14.2. The van der Waals surface area contributed by atoms with Crippen LogP contribution >= 0.6 is 0 Å². The summed E-state index contributed by atoms with van der Waals surface area (Å²) in [5.41, 5.74) is 0.437. The van der Waals surface area contributed by atoms with E-state index in [9.17, 15) is 14.4 Å². The molecule has 0 aromatic heterocycles. The van der Waals surface area contributed by atoms with Gasteiger partial charge in [-0.25, -0.2) is 4.79 Å². The Morgan fingerprint density at radius 3 is 2.50 bits per heavy atom. The molecule has 0 radical (unpaired) electrons. The zero-order valence-corrected chi connectivity index (χ0v) is 18.3. The Morgan fingerprint density at radius 2 is 1.87 bits per heavy atom. The zero-order valence-electron chi connectivity index (χ0n) is 18.3. The summed E-state index contributed by atoms with van der Waals surface area (Å²) in [5, 5.41) is 2.94. The van der Waals surface area contributed by atoms with E-state index in [0.29, 0.717) is 44.9 Å². The summed E-state index contributed by atoms with van der Waals surface area (Å²) < 4.78 is 5.25. The number of urea groups is 1. The van der Waals surface area contributed by atoms with Crippen LogP contribution in [0, 0.1) is 5.41 Å². The molecule has 8 nitrogen and oxygen atoms in total. The number of amides is 4. The number of carbonyl (C=O) groups is 3. The van der Waals surface area contributed by atoms with Gasteiger partial charge in [0.15, 0.2) is 0 Å². The summed E-state index contributed by atoms with van der Waals surface area (Å²) in [6, 6.07) is 7.36. The normalized spacial score (nSPS) is 21.9. The quantitative estimate of drug-likeness (QED) is 0.803. The Kier molecular flexibility index (Phi) is 6.53. The zero-order chi connectivity index (χ0) is 21.9. The molecule has 0 bridgehead atoms. The van der Waals surface area contributed by atoms with Crippen LogP contribution in [0.1, 0.15) is 25.8 Å². The van der Waals surface area contributed by atoms with Gasteiger partial charge in [0.1, 0.15) is 5.75 Å². The third kappa shape index (κ3) is 5.04. The van der Waals surface area contributed by atoms with Crippen molar-refractivity contribution in [3.8, 4) is 5.75 Å². The van der Waals surface area contributed by atoms with Gasteiger partial charge in [-0.15, -0.1) is 0 Å². The molecule has 1 atom stereocenters. The van der Waals surface area contributed by atoms with Gasteiger partial charge >= 0.3 is 6.03 Å². The number of likely N-dealkylation sites (tertiary alicyclic amines) is 1. The van der Waals surface area contributed by atoms with Gasteiger partial charge in [0, 0.05) is 57.6 Å². The van der Waals surface area contributed by atoms with E-state index in [-0.39, 0.29) is 30.3 Å².